The molecule has 4 rings (SSSR count). The number of rotatable bonds is 28. The first-order chi connectivity index (χ1) is 30.3. The number of unbranched alkanes of at least 4 members (excludes halogenated alkanes) is 18. The molecule has 0 radical (unpaired) electrons. The van der Waals surface area contributed by atoms with E-state index in [9.17, 15) is 10.5 Å². The second-order valence-electron chi connectivity index (χ2n) is 17.1. The average molecular weight is 875 g/mol. The van der Waals surface area contributed by atoms with Gasteiger partial charge in [-0.1, -0.05) is 169 Å². The van der Waals surface area contributed by atoms with Crippen LogP contribution in [0.2, 0.25) is 0 Å². The standard InChI is InChI=1S/C52H70N6O2S2/c1-7-11-15-19-21-23-27-31-40(29-25-17-13-9-3)57-48(43-34-33-42(61-43)39(37-53)38-54)46-47(52(57)60)49(44-35-36-45(62-44)50(55-5)56-6)58(51(46)59)41(30-26-18-14-10-4)32-28-24-22-20-16-12-8-2/h33-36,40-41H,7-32H2,1-4H3/b48-43+,49-44+. The minimum atomic E-state index is -0.167. The van der Waals surface area contributed by atoms with Crippen LogP contribution in [0, 0.1) is 35.8 Å². The van der Waals surface area contributed by atoms with E-state index in [1.807, 2.05) is 34.1 Å². The lowest BCUT2D eigenvalue weighted by molar-refractivity contribution is -0.125. The highest BCUT2D eigenvalue weighted by molar-refractivity contribution is 7.08. The average Bonchev–Trinajstić information content (AvgIpc) is 4.08. The molecule has 2 unspecified atom stereocenters. The van der Waals surface area contributed by atoms with E-state index in [1.165, 1.54) is 74.0 Å². The highest BCUT2D eigenvalue weighted by atomic mass is 32.1. The Hall–Kier alpha value is -4.48. The number of hydrogen-bond acceptors (Lipinski definition) is 6. The van der Waals surface area contributed by atoms with Gasteiger partial charge in [-0.05, 0) is 49.9 Å². The molecule has 332 valence electrons. The van der Waals surface area contributed by atoms with Crippen molar-refractivity contribution in [3.05, 3.63) is 76.4 Å². The fraction of sp³-hybridized carbons (Fsp3) is 0.615. The molecule has 2 aromatic heterocycles. The van der Waals surface area contributed by atoms with E-state index in [2.05, 4.69) is 37.4 Å². The van der Waals surface area contributed by atoms with Crippen LogP contribution in [0.5, 0.6) is 0 Å². The normalized spacial score (nSPS) is 16.3. The van der Waals surface area contributed by atoms with Gasteiger partial charge in [0.15, 0.2) is 0 Å². The Morgan fingerprint density at radius 2 is 0.855 bits per heavy atom. The van der Waals surface area contributed by atoms with Gasteiger partial charge in [0.2, 0.25) is 0 Å². The van der Waals surface area contributed by atoms with Crippen molar-refractivity contribution >= 4 is 57.3 Å². The Balaban J connectivity index is 1.95. The van der Waals surface area contributed by atoms with Crippen LogP contribution in [0.25, 0.3) is 32.5 Å². The lowest BCUT2D eigenvalue weighted by atomic mass is 9.97. The molecule has 2 aliphatic rings. The van der Waals surface area contributed by atoms with Gasteiger partial charge in [0.1, 0.15) is 35.4 Å². The SMILES string of the molecule is [C-]#[N+]C([N+]#[C-])=c1cc/c(=C2C3=C(C(=O)N/2C(CCCCCC)CCCCCCCCC)/C(=c2/ccc(=C(C#N)C#N)s2)N(C(CCCCCC)CCCCCCCCC)C3=O)s1. The summed E-state index contributed by atoms with van der Waals surface area (Å²) in [5.74, 6) is -0.355. The molecule has 62 heavy (non-hydrogen) atoms. The van der Waals surface area contributed by atoms with E-state index in [-0.39, 0.29) is 35.3 Å². The van der Waals surface area contributed by atoms with Gasteiger partial charge in [0, 0.05) is 12.1 Å². The maximum atomic E-state index is 15.6. The molecule has 0 bridgehead atoms. The van der Waals surface area contributed by atoms with Crippen LogP contribution in [-0.4, -0.2) is 33.7 Å². The lowest BCUT2D eigenvalue weighted by Gasteiger charge is -2.35. The summed E-state index contributed by atoms with van der Waals surface area (Å²) in [6.07, 6.45) is 28.2. The first kappa shape index (κ1) is 50.2. The van der Waals surface area contributed by atoms with Gasteiger partial charge in [-0.25, -0.2) is 0 Å². The molecule has 4 heterocycles. The summed E-state index contributed by atoms with van der Waals surface area (Å²) in [6.45, 7) is 24.3. The summed E-state index contributed by atoms with van der Waals surface area (Å²) in [7, 11) is 0. The molecule has 0 N–H and O–H groups in total. The van der Waals surface area contributed by atoms with Gasteiger partial charge in [-0.15, -0.1) is 22.7 Å². The topological polar surface area (TPSA) is 96.9 Å². The highest BCUT2D eigenvalue weighted by Crippen LogP contribution is 2.46. The van der Waals surface area contributed by atoms with Crippen molar-refractivity contribution in [1.29, 1.82) is 10.5 Å². The number of nitrogens with zero attached hydrogens (tertiary/aromatic N) is 6. The molecule has 2 amide bonds. The Labute approximate surface area is 380 Å². The number of carbonyl (C=O) groups is 2. The summed E-state index contributed by atoms with van der Waals surface area (Å²) >= 11 is 2.62. The van der Waals surface area contributed by atoms with Gasteiger partial charge in [0.05, 0.1) is 36.1 Å². The molecule has 0 aliphatic carbocycles. The Morgan fingerprint density at radius 1 is 0.532 bits per heavy atom. The maximum absolute atomic E-state index is 15.6. The van der Waals surface area contributed by atoms with Gasteiger partial charge >= 0.3 is 5.82 Å². The van der Waals surface area contributed by atoms with Gasteiger partial charge in [-0.3, -0.25) is 9.59 Å². The van der Waals surface area contributed by atoms with Crippen molar-refractivity contribution in [2.75, 3.05) is 0 Å². The highest BCUT2D eigenvalue weighted by Gasteiger charge is 2.52. The van der Waals surface area contributed by atoms with Gasteiger partial charge in [-0.2, -0.15) is 20.2 Å². The molecule has 0 saturated heterocycles. The van der Waals surface area contributed by atoms with Crippen molar-refractivity contribution in [3.63, 3.8) is 0 Å². The van der Waals surface area contributed by atoms with Gasteiger partial charge in [0.25, 0.3) is 11.8 Å². The zero-order chi connectivity index (χ0) is 44.7. The minimum absolute atomic E-state index is 0.0114. The van der Waals surface area contributed by atoms with Crippen molar-refractivity contribution in [1.82, 2.24) is 9.80 Å². The zero-order valence-corrected chi connectivity index (χ0v) is 39.8. The number of thiophene rings is 2. The maximum Gasteiger partial charge on any atom is 0.536 e. The van der Waals surface area contributed by atoms with E-state index in [1.54, 1.807) is 12.1 Å². The third-order valence-corrected chi connectivity index (χ3v) is 14.6. The van der Waals surface area contributed by atoms with Crippen LogP contribution in [-0.2, 0) is 9.59 Å². The summed E-state index contributed by atoms with van der Waals surface area (Å²) in [6, 6.07) is 11.2. The molecule has 0 fully saturated rings. The number of carbonyl (C=O) groups excluding carboxylic acids is 2. The summed E-state index contributed by atoms with van der Waals surface area (Å²) < 4.78 is 2.49. The zero-order valence-electron chi connectivity index (χ0n) is 38.2. The first-order valence-electron chi connectivity index (χ1n) is 24.0. The van der Waals surface area contributed by atoms with Gasteiger partial charge < -0.3 is 9.80 Å². The van der Waals surface area contributed by atoms with Crippen molar-refractivity contribution in [2.24, 2.45) is 0 Å². The number of nitriles is 2. The molecule has 0 aromatic carbocycles. The van der Waals surface area contributed by atoms with Crippen LogP contribution >= 0.6 is 22.7 Å². The van der Waals surface area contributed by atoms with Crippen molar-refractivity contribution in [3.8, 4) is 12.1 Å². The van der Waals surface area contributed by atoms with E-state index in [4.69, 9.17) is 13.1 Å². The predicted molar refractivity (Wildman–Crippen MR) is 256 cm³/mol. The second kappa shape index (κ2) is 27.6. The molecular weight excluding hydrogens is 805 g/mol. The molecule has 10 heteroatoms. The van der Waals surface area contributed by atoms with Crippen LogP contribution in [0.4, 0.5) is 0 Å². The minimum Gasteiger partial charge on any atom is -0.303 e. The third kappa shape index (κ3) is 13.3. The predicted octanol–water partition coefficient (Wildman–Crippen LogP) is 11.8. The fourth-order valence-electron chi connectivity index (χ4n) is 9.07. The fourth-order valence-corrected chi connectivity index (χ4v) is 11.1. The third-order valence-electron chi connectivity index (χ3n) is 12.4. The van der Waals surface area contributed by atoms with Crippen LogP contribution in [0.15, 0.2) is 35.4 Å². The van der Waals surface area contributed by atoms with Crippen molar-refractivity contribution in [2.45, 2.75) is 207 Å². The number of hydrogen-bond donors (Lipinski definition) is 0. The molecular formula is C52H70N6O2S2. The second-order valence-corrected chi connectivity index (χ2v) is 19.3. The molecule has 2 atom stereocenters. The van der Waals surface area contributed by atoms with E-state index in [0.717, 1.165) is 120 Å². The molecule has 0 spiro atoms. The lowest BCUT2D eigenvalue weighted by Crippen LogP contribution is -2.44. The Kier molecular flexibility index (Phi) is 22.3. The Morgan fingerprint density at radius 3 is 1.21 bits per heavy atom. The van der Waals surface area contributed by atoms with E-state index >= 15 is 9.59 Å². The molecule has 0 saturated carbocycles. The summed E-state index contributed by atoms with van der Waals surface area (Å²) in [4.78, 5) is 42.2. The Bertz CT molecular complexity index is 2060. The van der Waals surface area contributed by atoms with E-state index in [0.29, 0.717) is 36.1 Å². The first-order valence-corrected chi connectivity index (χ1v) is 25.6. The number of amides is 2. The molecule has 2 aromatic rings. The summed E-state index contributed by atoms with van der Waals surface area (Å²) in [5, 5.41) is 19.7. The molecule has 8 nitrogen and oxygen atoms in total. The smallest absolute Gasteiger partial charge is 0.303 e. The van der Waals surface area contributed by atoms with Crippen molar-refractivity contribution < 1.29 is 9.59 Å². The quantitative estimate of drug-likeness (QED) is 0.0628. The van der Waals surface area contributed by atoms with Crippen LogP contribution in [0.3, 0.4) is 0 Å². The van der Waals surface area contributed by atoms with E-state index < -0.39 is 0 Å². The van der Waals surface area contributed by atoms with Crippen LogP contribution in [0.1, 0.15) is 195 Å². The largest absolute Gasteiger partial charge is 0.536 e. The summed E-state index contributed by atoms with van der Waals surface area (Å²) in [5.41, 5.74) is 2.07. The monoisotopic (exact) mass is 875 g/mol. The van der Waals surface area contributed by atoms with Crippen LogP contribution < -0.4 is 18.1 Å². The molecule has 2 aliphatic heterocycles.